The molecule has 0 radical (unpaired) electrons. The molecule has 0 aliphatic heterocycles. The van der Waals surface area contributed by atoms with Gasteiger partial charge in [0.1, 0.15) is 0 Å². The summed E-state index contributed by atoms with van der Waals surface area (Å²) >= 11 is 13.1. The van der Waals surface area contributed by atoms with Crippen LogP contribution in [-0.4, -0.2) is 32.3 Å². The van der Waals surface area contributed by atoms with E-state index in [4.69, 9.17) is 23.2 Å². The van der Waals surface area contributed by atoms with Crippen molar-refractivity contribution in [1.29, 1.82) is 0 Å². The Hall–Kier alpha value is -2.55. The lowest BCUT2D eigenvalue weighted by Gasteiger charge is -2.07. The summed E-state index contributed by atoms with van der Waals surface area (Å²) in [6.45, 7) is 2.16. The molecule has 0 fully saturated rings. The molecule has 10 heteroatoms. The first-order valence-corrected chi connectivity index (χ1v) is 10.7. The third-order valence-electron chi connectivity index (χ3n) is 4.09. The molecule has 0 unspecified atom stereocenters. The summed E-state index contributed by atoms with van der Waals surface area (Å²) in [4.78, 5) is 24.5. The van der Waals surface area contributed by atoms with Crippen molar-refractivity contribution in [3.05, 3.63) is 69.5 Å². The zero-order valence-electron chi connectivity index (χ0n) is 16.3. The van der Waals surface area contributed by atoms with Gasteiger partial charge in [0.25, 0.3) is 5.91 Å². The number of anilines is 1. The summed E-state index contributed by atoms with van der Waals surface area (Å²) in [5, 5.41) is 15.2. The molecule has 0 spiro atoms. The summed E-state index contributed by atoms with van der Waals surface area (Å²) in [6, 6.07) is 12.2. The second-order valence-electron chi connectivity index (χ2n) is 6.50. The zero-order chi connectivity index (χ0) is 21.7. The highest BCUT2D eigenvalue weighted by molar-refractivity contribution is 7.99. The average molecular weight is 464 g/mol. The van der Waals surface area contributed by atoms with Gasteiger partial charge in [-0.25, -0.2) is 0 Å². The number of carbonyl (C=O) groups is 2. The highest BCUT2D eigenvalue weighted by Crippen LogP contribution is 2.23. The van der Waals surface area contributed by atoms with E-state index < -0.39 is 0 Å². The number of halogens is 2. The summed E-state index contributed by atoms with van der Waals surface area (Å²) in [7, 11) is 1.78. The van der Waals surface area contributed by atoms with Crippen molar-refractivity contribution in [2.24, 2.45) is 7.05 Å². The first-order valence-electron chi connectivity index (χ1n) is 8.93. The molecule has 0 bridgehead atoms. The smallest absolute Gasteiger partial charge is 0.251 e. The molecular formula is C20H19Cl2N5O2S. The number of aromatic nitrogens is 3. The predicted octanol–water partition coefficient (Wildman–Crippen LogP) is 4.09. The van der Waals surface area contributed by atoms with E-state index in [1.54, 1.807) is 35.9 Å². The summed E-state index contributed by atoms with van der Waals surface area (Å²) in [6.07, 6.45) is 0. The van der Waals surface area contributed by atoms with Gasteiger partial charge in [-0.2, -0.15) is 0 Å². The van der Waals surface area contributed by atoms with Gasteiger partial charge in [-0.15, -0.1) is 10.2 Å². The van der Waals surface area contributed by atoms with E-state index in [1.165, 1.54) is 11.8 Å². The van der Waals surface area contributed by atoms with Gasteiger partial charge < -0.3 is 15.2 Å². The van der Waals surface area contributed by atoms with Gasteiger partial charge in [-0.3, -0.25) is 9.59 Å². The molecule has 2 amide bonds. The van der Waals surface area contributed by atoms with Crippen LogP contribution in [0, 0.1) is 6.92 Å². The molecule has 7 nitrogen and oxygen atoms in total. The zero-order valence-corrected chi connectivity index (χ0v) is 18.6. The molecule has 2 aromatic carbocycles. The van der Waals surface area contributed by atoms with Crippen LogP contribution in [0.25, 0.3) is 0 Å². The van der Waals surface area contributed by atoms with Crippen molar-refractivity contribution in [2.75, 3.05) is 11.1 Å². The quantitative estimate of drug-likeness (QED) is 0.515. The van der Waals surface area contributed by atoms with Gasteiger partial charge in [0.2, 0.25) is 5.91 Å². The Kier molecular flexibility index (Phi) is 7.36. The largest absolute Gasteiger partial charge is 0.345 e. The Morgan fingerprint density at radius 1 is 1.10 bits per heavy atom. The van der Waals surface area contributed by atoms with Crippen LogP contribution < -0.4 is 10.6 Å². The summed E-state index contributed by atoms with van der Waals surface area (Å²) < 4.78 is 1.74. The number of benzene rings is 2. The number of nitrogens with zero attached hydrogens (tertiary/aromatic N) is 3. The van der Waals surface area contributed by atoms with Crippen LogP contribution in [0.5, 0.6) is 0 Å². The Morgan fingerprint density at radius 3 is 2.53 bits per heavy atom. The van der Waals surface area contributed by atoms with E-state index in [1.807, 2.05) is 25.1 Å². The van der Waals surface area contributed by atoms with E-state index in [0.29, 0.717) is 32.3 Å². The molecule has 0 saturated heterocycles. The Morgan fingerprint density at radius 2 is 1.83 bits per heavy atom. The normalized spacial score (nSPS) is 10.7. The van der Waals surface area contributed by atoms with Crippen molar-refractivity contribution in [2.45, 2.75) is 18.6 Å². The van der Waals surface area contributed by atoms with Crippen LogP contribution in [0.15, 0.2) is 47.6 Å². The van der Waals surface area contributed by atoms with E-state index in [2.05, 4.69) is 20.8 Å². The summed E-state index contributed by atoms with van der Waals surface area (Å²) in [5.41, 5.74) is 2.12. The molecule has 1 heterocycles. The Bertz CT molecular complexity index is 1070. The van der Waals surface area contributed by atoms with Crippen LogP contribution in [0.4, 0.5) is 5.69 Å². The first kappa shape index (κ1) is 22.1. The minimum Gasteiger partial charge on any atom is -0.345 e. The fraction of sp³-hybridized carbons (Fsp3) is 0.200. The lowest BCUT2D eigenvalue weighted by molar-refractivity contribution is -0.113. The van der Waals surface area contributed by atoms with Gasteiger partial charge in [-0.1, -0.05) is 52.7 Å². The van der Waals surface area contributed by atoms with E-state index in [9.17, 15) is 9.59 Å². The lowest BCUT2D eigenvalue weighted by Crippen LogP contribution is -2.24. The molecule has 1 aromatic heterocycles. The molecular weight excluding hydrogens is 445 g/mol. The second kappa shape index (κ2) is 9.97. The molecule has 156 valence electrons. The third kappa shape index (κ3) is 5.98. The Balaban J connectivity index is 1.53. The fourth-order valence-electron chi connectivity index (χ4n) is 2.63. The van der Waals surface area contributed by atoms with Gasteiger partial charge >= 0.3 is 0 Å². The molecule has 3 rings (SSSR count). The third-order valence-corrected chi connectivity index (χ3v) is 5.55. The lowest BCUT2D eigenvalue weighted by atomic mass is 10.1. The van der Waals surface area contributed by atoms with Gasteiger partial charge in [0.15, 0.2) is 11.0 Å². The minimum atomic E-state index is -0.226. The number of carbonyl (C=O) groups excluding carboxylic acids is 2. The number of thioether (sulfide) groups is 1. The standard InChI is InChI=1S/C20H19Cl2N5O2S/c1-12-4-3-5-13(6-12)19(29)23-10-17-25-26-20(27(17)2)30-11-18(28)24-16-8-14(21)7-15(22)9-16/h3-9H,10-11H2,1-2H3,(H,23,29)(H,24,28). The molecule has 0 aliphatic rings. The second-order valence-corrected chi connectivity index (χ2v) is 8.32. The minimum absolute atomic E-state index is 0.131. The van der Waals surface area contributed by atoms with E-state index in [0.717, 1.165) is 5.56 Å². The molecule has 0 atom stereocenters. The maximum absolute atomic E-state index is 12.3. The number of rotatable bonds is 7. The first-order chi connectivity index (χ1) is 14.3. The SMILES string of the molecule is Cc1cccc(C(=O)NCc2nnc(SCC(=O)Nc3cc(Cl)cc(Cl)c3)n2C)c1. The van der Waals surface area contributed by atoms with Crippen molar-refractivity contribution in [3.8, 4) is 0 Å². The van der Waals surface area contributed by atoms with Gasteiger partial charge in [-0.05, 0) is 37.3 Å². The molecule has 30 heavy (non-hydrogen) atoms. The van der Waals surface area contributed by atoms with Gasteiger partial charge in [0.05, 0.1) is 12.3 Å². The van der Waals surface area contributed by atoms with Crippen LogP contribution in [0.1, 0.15) is 21.7 Å². The highest BCUT2D eigenvalue weighted by atomic mass is 35.5. The van der Waals surface area contributed by atoms with Crippen molar-refractivity contribution >= 4 is 52.5 Å². The number of hydrogen-bond donors (Lipinski definition) is 2. The topological polar surface area (TPSA) is 88.9 Å². The number of nitrogens with one attached hydrogen (secondary N) is 2. The number of hydrogen-bond acceptors (Lipinski definition) is 5. The van der Waals surface area contributed by atoms with Crippen molar-refractivity contribution < 1.29 is 9.59 Å². The molecule has 3 aromatic rings. The Labute approximate surface area is 188 Å². The van der Waals surface area contributed by atoms with Crippen LogP contribution in [-0.2, 0) is 18.4 Å². The van der Waals surface area contributed by atoms with Crippen LogP contribution >= 0.6 is 35.0 Å². The molecule has 0 saturated carbocycles. The van der Waals surface area contributed by atoms with Crippen LogP contribution in [0.3, 0.4) is 0 Å². The monoisotopic (exact) mass is 463 g/mol. The van der Waals surface area contributed by atoms with Gasteiger partial charge in [0, 0.05) is 28.3 Å². The number of amides is 2. The molecule has 2 N–H and O–H groups in total. The highest BCUT2D eigenvalue weighted by Gasteiger charge is 2.13. The van der Waals surface area contributed by atoms with Crippen molar-refractivity contribution in [3.63, 3.8) is 0 Å². The predicted molar refractivity (Wildman–Crippen MR) is 119 cm³/mol. The fourth-order valence-corrected chi connectivity index (χ4v) is 3.88. The maximum atomic E-state index is 12.3. The van der Waals surface area contributed by atoms with Crippen molar-refractivity contribution in [1.82, 2.24) is 20.1 Å². The number of aryl methyl sites for hydroxylation is 1. The molecule has 0 aliphatic carbocycles. The van der Waals surface area contributed by atoms with E-state index in [-0.39, 0.29) is 24.1 Å². The summed E-state index contributed by atoms with van der Waals surface area (Å²) in [5.74, 6) is 0.304. The maximum Gasteiger partial charge on any atom is 0.251 e. The van der Waals surface area contributed by atoms with Crippen LogP contribution in [0.2, 0.25) is 10.0 Å². The van der Waals surface area contributed by atoms with E-state index >= 15 is 0 Å². The average Bonchev–Trinajstić information content (AvgIpc) is 3.03.